The Balaban J connectivity index is 1.98. The summed E-state index contributed by atoms with van der Waals surface area (Å²) in [6.45, 7) is -0.246. The van der Waals surface area contributed by atoms with Crippen LogP contribution in [0.1, 0.15) is 5.56 Å². The highest BCUT2D eigenvalue weighted by Crippen LogP contribution is 2.20. The van der Waals surface area contributed by atoms with E-state index in [1.807, 2.05) is 0 Å². The fourth-order valence-corrected chi connectivity index (χ4v) is 3.59. The van der Waals surface area contributed by atoms with E-state index >= 15 is 0 Å². The molecule has 1 N–H and O–H groups in total. The summed E-state index contributed by atoms with van der Waals surface area (Å²) in [7, 11) is -2.61. The van der Waals surface area contributed by atoms with Gasteiger partial charge in [0.15, 0.2) is 0 Å². The average molecular weight is 405 g/mol. The summed E-state index contributed by atoms with van der Waals surface area (Å²) in [6, 6.07) is 9.24. The van der Waals surface area contributed by atoms with E-state index in [1.165, 1.54) is 7.05 Å². The lowest BCUT2D eigenvalue weighted by molar-refractivity contribution is -0.121. The zero-order valence-electron chi connectivity index (χ0n) is 13.2. The van der Waals surface area contributed by atoms with E-state index in [4.69, 9.17) is 23.2 Å². The van der Waals surface area contributed by atoms with Gasteiger partial charge in [0.2, 0.25) is 15.9 Å². The van der Waals surface area contributed by atoms with Gasteiger partial charge in [-0.25, -0.2) is 12.8 Å². The van der Waals surface area contributed by atoms with Crippen LogP contribution < -0.4 is 5.32 Å². The van der Waals surface area contributed by atoms with Crippen LogP contribution in [0.5, 0.6) is 0 Å². The van der Waals surface area contributed by atoms with Crippen LogP contribution in [-0.4, -0.2) is 32.2 Å². The van der Waals surface area contributed by atoms with Crippen molar-refractivity contribution in [3.63, 3.8) is 0 Å². The number of amides is 1. The van der Waals surface area contributed by atoms with Gasteiger partial charge >= 0.3 is 0 Å². The standard InChI is InChI=1S/C16H15Cl2FN2O3S/c1-21(25(23,24)14-6-4-13(19)5-7-14)10-16(22)20-9-11-2-3-12(17)8-15(11)18/h2-8H,9-10H2,1H3,(H,20,22). The minimum atomic E-state index is -3.89. The first-order valence-electron chi connectivity index (χ1n) is 7.12. The van der Waals surface area contributed by atoms with Gasteiger partial charge in [0.1, 0.15) is 5.82 Å². The van der Waals surface area contributed by atoms with Crippen LogP contribution in [0.4, 0.5) is 4.39 Å². The molecule has 25 heavy (non-hydrogen) atoms. The molecule has 134 valence electrons. The Morgan fingerprint density at radius 1 is 1.16 bits per heavy atom. The third kappa shape index (κ3) is 5.15. The lowest BCUT2D eigenvalue weighted by Gasteiger charge is -2.17. The van der Waals surface area contributed by atoms with E-state index in [1.54, 1.807) is 18.2 Å². The van der Waals surface area contributed by atoms with Crippen LogP contribution in [0.15, 0.2) is 47.4 Å². The molecule has 0 fully saturated rings. The lowest BCUT2D eigenvalue weighted by atomic mass is 10.2. The van der Waals surface area contributed by atoms with Crippen molar-refractivity contribution in [3.8, 4) is 0 Å². The van der Waals surface area contributed by atoms with Gasteiger partial charge in [-0.3, -0.25) is 4.79 Å². The number of carbonyl (C=O) groups is 1. The summed E-state index contributed by atoms with van der Waals surface area (Å²) in [6.07, 6.45) is 0. The maximum Gasteiger partial charge on any atom is 0.243 e. The molecule has 0 aliphatic carbocycles. The van der Waals surface area contributed by atoms with E-state index in [2.05, 4.69) is 5.32 Å². The van der Waals surface area contributed by atoms with E-state index < -0.39 is 21.7 Å². The monoisotopic (exact) mass is 404 g/mol. The third-order valence-electron chi connectivity index (χ3n) is 3.38. The number of nitrogens with one attached hydrogen (secondary N) is 1. The molecule has 0 saturated heterocycles. The van der Waals surface area contributed by atoms with Crippen molar-refractivity contribution in [2.45, 2.75) is 11.4 Å². The molecule has 0 atom stereocenters. The molecule has 0 bridgehead atoms. The SMILES string of the molecule is CN(CC(=O)NCc1ccc(Cl)cc1Cl)S(=O)(=O)c1ccc(F)cc1. The topological polar surface area (TPSA) is 66.5 Å². The van der Waals surface area contributed by atoms with Crippen LogP contribution in [0.25, 0.3) is 0 Å². The van der Waals surface area contributed by atoms with Gasteiger partial charge in [-0.05, 0) is 42.0 Å². The lowest BCUT2D eigenvalue weighted by Crippen LogP contribution is -2.38. The Bertz CT molecular complexity index is 873. The Labute approximate surface area is 155 Å². The fraction of sp³-hybridized carbons (Fsp3) is 0.188. The minimum Gasteiger partial charge on any atom is -0.351 e. The number of hydrogen-bond donors (Lipinski definition) is 1. The Hall–Kier alpha value is -1.67. The quantitative estimate of drug-likeness (QED) is 0.804. The van der Waals surface area contributed by atoms with Crippen molar-refractivity contribution in [2.24, 2.45) is 0 Å². The number of likely N-dealkylation sites (N-methyl/N-ethyl adjacent to an activating group) is 1. The highest BCUT2D eigenvalue weighted by atomic mass is 35.5. The normalized spacial score (nSPS) is 11.6. The predicted octanol–water partition coefficient (Wildman–Crippen LogP) is 3.07. The first-order chi connectivity index (χ1) is 11.7. The molecule has 1 amide bonds. The van der Waals surface area contributed by atoms with Crippen LogP contribution >= 0.6 is 23.2 Å². The van der Waals surface area contributed by atoms with Gasteiger partial charge in [0.05, 0.1) is 11.4 Å². The summed E-state index contributed by atoms with van der Waals surface area (Å²) in [5.41, 5.74) is 0.656. The number of rotatable bonds is 6. The molecule has 0 saturated carbocycles. The number of carbonyl (C=O) groups excluding carboxylic acids is 1. The molecule has 0 unspecified atom stereocenters. The fourth-order valence-electron chi connectivity index (χ4n) is 1.99. The summed E-state index contributed by atoms with van der Waals surface area (Å²) >= 11 is 11.8. The Kier molecular flexibility index (Phi) is 6.40. The van der Waals surface area contributed by atoms with Gasteiger partial charge in [-0.2, -0.15) is 4.31 Å². The number of benzene rings is 2. The van der Waals surface area contributed by atoms with Crippen molar-refractivity contribution in [1.82, 2.24) is 9.62 Å². The Morgan fingerprint density at radius 3 is 2.40 bits per heavy atom. The zero-order chi connectivity index (χ0) is 18.6. The number of hydrogen-bond acceptors (Lipinski definition) is 3. The van der Waals surface area contributed by atoms with Crippen LogP contribution in [0, 0.1) is 5.82 Å². The second-order valence-electron chi connectivity index (χ2n) is 5.23. The molecule has 0 aliphatic heterocycles. The first kappa shape index (κ1) is 19.7. The Morgan fingerprint density at radius 2 is 1.80 bits per heavy atom. The van der Waals surface area contributed by atoms with Gasteiger partial charge < -0.3 is 5.32 Å². The molecular formula is C16H15Cl2FN2O3S. The first-order valence-corrected chi connectivity index (χ1v) is 9.32. The zero-order valence-corrected chi connectivity index (χ0v) is 15.5. The molecule has 0 heterocycles. The van der Waals surface area contributed by atoms with Crippen molar-refractivity contribution in [2.75, 3.05) is 13.6 Å². The minimum absolute atomic E-state index is 0.0926. The summed E-state index contributed by atoms with van der Waals surface area (Å²) in [4.78, 5) is 11.9. The molecule has 2 aromatic rings. The van der Waals surface area contributed by atoms with Crippen molar-refractivity contribution in [1.29, 1.82) is 0 Å². The molecule has 2 aromatic carbocycles. The molecule has 9 heteroatoms. The third-order valence-corrected chi connectivity index (χ3v) is 5.78. The van der Waals surface area contributed by atoms with E-state index in [0.29, 0.717) is 15.6 Å². The second-order valence-corrected chi connectivity index (χ2v) is 8.12. The number of sulfonamides is 1. The number of nitrogens with zero attached hydrogens (tertiary/aromatic N) is 1. The molecule has 0 aliphatic rings. The smallest absolute Gasteiger partial charge is 0.243 e. The van der Waals surface area contributed by atoms with Crippen molar-refractivity contribution in [3.05, 3.63) is 63.9 Å². The highest BCUT2D eigenvalue weighted by Gasteiger charge is 2.22. The van der Waals surface area contributed by atoms with Gasteiger partial charge in [0, 0.05) is 23.6 Å². The molecule has 2 rings (SSSR count). The van der Waals surface area contributed by atoms with Crippen LogP contribution in [0.2, 0.25) is 10.0 Å². The number of halogens is 3. The van der Waals surface area contributed by atoms with E-state index in [-0.39, 0.29) is 18.0 Å². The van der Waals surface area contributed by atoms with Gasteiger partial charge in [-0.1, -0.05) is 29.3 Å². The summed E-state index contributed by atoms with van der Waals surface area (Å²) in [5, 5.41) is 3.47. The van der Waals surface area contributed by atoms with E-state index in [9.17, 15) is 17.6 Å². The molecule has 0 spiro atoms. The van der Waals surface area contributed by atoms with Gasteiger partial charge in [-0.15, -0.1) is 0 Å². The van der Waals surface area contributed by atoms with Crippen molar-refractivity contribution >= 4 is 39.1 Å². The van der Waals surface area contributed by atoms with Crippen LogP contribution in [-0.2, 0) is 21.4 Å². The molecule has 5 nitrogen and oxygen atoms in total. The summed E-state index contributed by atoms with van der Waals surface area (Å²) < 4.78 is 38.5. The van der Waals surface area contributed by atoms with Gasteiger partial charge in [0.25, 0.3) is 0 Å². The van der Waals surface area contributed by atoms with Crippen LogP contribution in [0.3, 0.4) is 0 Å². The highest BCUT2D eigenvalue weighted by molar-refractivity contribution is 7.89. The second kappa shape index (κ2) is 8.14. The molecule has 0 aromatic heterocycles. The van der Waals surface area contributed by atoms with Crippen molar-refractivity contribution < 1.29 is 17.6 Å². The molecule has 0 radical (unpaired) electrons. The largest absolute Gasteiger partial charge is 0.351 e. The predicted molar refractivity (Wildman–Crippen MR) is 94.5 cm³/mol. The van der Waals surface area contributed by atoms with E-state index in [0.717, 1.165) is 28.6 Å². The maximum absolute atomic E-state index is 12.9. The molecular weight excluding hydrogens is 390 g/mol. The summed E-state index contributed by atoms with van der Waals surface area (Å²) in [5.74, 6) is -1.04. The maximum atomic E-state index is 12.9. The average Bonchev–Trinajstić information content (AvgIpc) is 2.54.